The Hall–Kier alpha value is -1.06. The summed E-state index contributed by atoms with van der Waals surface area (Å²) in [6.45, 7) is 7.66. The van der Waals surface area contributed by atoms with Gasteiger partial charge in [0.2, 0.25) is 0 Å². The molecule has 0 fully saturated rings. The SMILES string of the molecule is CNCC(C(C)C)C(NC)c1ccc(OC)c(C)c1. The van der Waals surface area contributed by atoms with Crippen LogP contribution in [0, 0.1) is 18.8 Å². The van der Waals surface area contributed by atoms with Crippen molar-refractivity contribution in [3.8, 4) is 5.75 Å². The van der Waals surface area contributed by atoms with E-state index in [0.29, 0.717) is 17.9 Å². The normalized spacial score (nSPS) is 14.5. The quantitative estimate of drug-likeness (QED) is 0.794. The summed E-state index contributed by atoms with van der Waals surface area (Å²) in [5.41, 5.74) is 2.52. The summed E-state index contributed by atoms with van der Waals surface area (Å²) >= 11 is 0. The van der Waals surface area contributed by atoms with Crippen molar-refractivity contribution in [2.24, 2.45) is 11.8 Å². The molecule has 0 aliphatic heterocycles. The molecule has 108 valence electrons. The van der Waals surface area contributed by atoms with E-state index in [9.17, 15) is 0 Å². The Balaban J connectivity index is 3.04. The van der Waals surface area contributed by atoms with Crippen LogP contribution in [0.25, 0.3) is 0 Å². The van der Waals surface area contributed by atoms with Crippen LogP contribution >= 0.6 is 0 Å². The summed E-state index contributed by atoms with van der Waals surface area (Å²) in [5.74, 6) is 2.13. The highest BCUT2D eigenvalue weighted by Crippen LogP contribution is 2.30. The Bertz CT molecular complexity index is 390. The predicted octanol–water partition coefficient (Wildman–Crippen LogP) is 2.76. The van der Waals surface area contributed by atoms with Crippen LogP contribution in [-0.2, 0) is 0 Å². The summed E-state index contributed by atoms with van der Waals surface area (Å²) < 4.78 is 5.34. The van der Waals surface area contributed by atoms with Crippen molar-refractivity contribution in [1.29, 1.82) is 0 Å². The molecular weight excluding hydrogens is 236 g/mol. The molecule has 2 N–H and O–H groups in total. The van der Waals surface area contributed by atoms with Gasteiger partial charge in [0, 0.05) is 6.04 Å². The highest BCUT2D eigenvalue weighted by atomic mass is 16.5. The summed E-state index contributed by atoms with van der Waals surface area (Å²) in [7, 11) is 5.77. The van der Waals surface area contributed by atoms with Crippen LogP contribution in [0.2, 0.25) is 0 Å². The van der Waals surface area contributed by atoms with Crippen molar-refractivity contribution in [3.05, 3.63) is 29.3 Å². The molecule has 3 nitrogen and oxygen atoms in total. The zero-order chi connectivity index (χ0) is 14.4. The third-order valence-corrected chi connectivity index (χ3v) is 3.81. The molecule has 0 aliphatic rings. The van der Waals surface area contributed by atoms with Gasteiger partial charge < -0.3 is 15.4 Å². The lowest BCUT2D eigenvalue weighted by atomic mass is 9.84. The largest absolute Gasteiger partial charge is 0.496 e. The van der Waals surface area contributed by atoms with Gasteiger partial charge in [-0.15, -0.1) is 0 Å². The zero-order valence-corrected chi connectivity index (χ0v) is 13.1. The van der Waals surface area contributed by atoms with Crippen molar-refractivity contribution in [3.63, 3.8) is 0 Å². The highest BCUT2D eigenvalue weighted by molar-refractivity contribution is 5.37. The molecule has 2 atom stereocenters. The number of nitrogens with one attached hydrogen (secondary N) is 2. The Kier molecular flexibility index (Phi) is 6.32. The molecule has 1 rings (SSSR count). The molecule has 0 spiro atoms. The third kappa shape index (κ3) is 3.95. The fourth-order valence-electron chi connectivity index (χ4n) is 2.70. The zero-order valence-electron chi connectivity index (χ0n) is 13.1. The molecular formula is C16H28N2O. The molecule has 0 saturated heterocycles. The van der Waals surface area contributed by atoms with Crippen LogP contribution in [0.1, 0.15) is 31.0 Å². The lowest BCUT2D eigenvalue weighted by Gasteiger charge is -2.30. The first-order valence-electron chi connectivity index (χ1n) is 7.01. The van der Waals surface area contributed by atoms with Gasteiger partial charge in [-0.2, -0.15) is 0 Å². The van der Waals surface area contributed by atoms with Gasteiger partial charge in [0.1, 0.15) is 5.75 Å². The maximum atomic E-state index is 5.34. The lowest BCUT2D eigenvalue weighted by Crippen LogP contribution is -2.35. The van der Waals surface area contributed by atoms with Gasteiger partial charge in [-0.25, -0.2) is 0 Å². The number of rotatable bonds is 7. The van der Waals surface area contributed by atoms with Crippen molar-refractivity contribution in [2.45, 2.75) is 26.8 Å². The monoisotopic (exact) mass is 264 g/mol. The summed E-state index contributed by atoms with van der Waals surface area (Å²) in [4.78, 5) is 0. The first-order chi connectivity index (χ1) is 9.04. The Morgan fingerprint density at radius 1 is 1.21 bits per heavy atom. The molecule has 1 aromatic rings. The van der Waals surface area contributed by atoms with Gasteiger partial charge in [0.05, 0.1) is 7.11 Å². The Morgan fingerprint density at radius 3 is 2.32 bits per heavy atom. The molecule has 0 amide bonds. The van der Waals surface area contributed by atoms with E-state index in [2.05, 4.69) is 49.6 Å². The van der Waals surface area contributed by atoms with Crippen LogP contribution in [0.3, 0.4) is 0 Å². The van der Waals surface area contributed by atoms with E-state index in [0.717, 1.165) is 12.3 Å². The average Bonchev–Trinajstić information content (AvgIpc) is 2.38. The van der Waals surface area contributed by atoms with E-state index in [1.165, 1.54) is 11.1 Å². The summed E-state index contributed by atoms with van der Waals surface area (Å²) in [6.07, 6.45) is 0. The molecule has 2 unspecified atom stereocenters. The molecule has 0 radical (unpaired) electrons. The minimum Gasteiger partial charge on any atom is -0.496 e. The first-order valence-corrected chi connectivity index (χ1v) is 7.01. The lowest BCUT2D eigenvalue weighted by molar-refractivity contribution is 0.284. The summed E-state index contributed by atoms with van der Waals surface area (Å²) in [5, 5.41) is 6.77. The van der Waals surface area contributed by atoms with Crippen molar-refractivity contribution < 1.29 is 4.74 Å². The molecule has 3 heteroatoms. The van der Waals surface area contributed by atoms with Gasteiger partial charge >= 0.3 is 0 Å². The van der Waals surface area contributed by atoms with Crippen LogP contribution in [0.15, 0.2) is 18.2 Å². The number of ether oxygens (including phenoxy) is 1. The smallest absolute Gasteiger partial charge is 0.121 e. The van der Waals surface area contributed by atoms with Gasteiger partial charge in [-0.05, 0) is 56.6 Å². The second kappa shape index (κ2) is 7.51. The topological polar surface area (TPSA) is 33.3 Å². The molecule has 19 heavy (non-hydrogen) atoms. The van der Waals surface area contributed by atoms with Crippen molar-refractivity contribution in [2.75, 3.05) is 27.7 Å². The third-order valence-electron chi connectivity index (χ3n) is 3.81. The number of hydrogen-bond acceptors (Lipinski definition) is 3. The highest BCUT2D eigenvalue weighted by Gasteiger charge is 2.24. The standard InChI is InChI=1S/C16H28N2O/c1-11(2)14(10-17-4)16(18-5)13-7-8-15(19-6)12(3)9-13/h7-9,11,14,16-18H,10H2,1-6H3. The molecule has 0 heterocycles. The van der Waals surface area contributed by atoms with Crippen LogP contribution < -0.4 is 15.4 Å². The fourth-order valence-corrected chi connectivity index (χ4v) is 2.70. The predicted molar refractivity (Wildman–Crippen MR) is 81.8 cm³/mol. The Labute approximate surface area is 117 Å². The first kappa shape index (κ1) is 16.0. The van der Waals surface area contributed by atoms with E-state index in [1.54, 1.807) is 7.11 Å². The van der Waals surface area contributed by atoms with Crippen LogP contribution in [0.5, 0.6) is 5.75 Å². The number of aryl methyl sites for hydroxylation is 1. The summed E-state index contributed by atoms with van der Waals surface area (Å²) in [6, 6.07) is 6.81. The second-order valence-corrected chi connectivity index (χ2v) is 5.46. The molecule has 0 aliphatic carbocycles. The Morgan fingerprint density at radius 2 is 1.89 bits per heavy atom. The van der Waals surface area contributed by atoms with E-state index < -0.39 is 0 Å². The maximum absolute atomic E-state index is 5.34. The average molecular weight is 264 g/mol. The fraction of sp³-hybridized carbons (Fsp3) is 0.625. The van der Waals surface area contributed by atoms with Gasteiger partial charge in [0.15, 0.2) is 0 Å². The molecule has 0 saturated carbocycles. The van der Waals surface area contributed by atoms with E-state index >= 15 is 0 Å². The molecule has 0 aromatic heterocycles. The van der Waals surface area contributed by atoms with E-state index in [4.69, 9.17) is 4.74 Å². The van der Waals surface area contributed by atoms with Crippen molar-refractivity contribution >= 4 is 0 Å². The molecule has 1 aromatic carbocycles. The minimum atomic E-state index is 0.358. The number of benzene rings is 1. The number of hydrogen-bond donors (Lipinski definition) is 2. The van der Waals surface area contributed by atoms with E-state index in [1.807, 2.05) is 14.1 Å². The van der Waals surface area contributed by atoms with Gasteiger partial charge in [-0.1, -0.05) is 26.0 Å². The van der Waals surface area contributed by atoms with Crippen molar-refractivity contribution in [1.82, 2.24) is 10.6 Å². The van der Waals surface area contributed by atoms with Gasteiger partial charge in [0.25, 0.3) is 0 Å². The maximum Gasteiger partial charge on any atom is 0.121 e. The minimum absolute atomic E-state index is 0.358. The molecule has 0 bridgehead atoms. The van der Waals surface area contributed by atoms with Crippen LogP contribution in [0.4, 0.5) is 0 Å². The van der Waals surface area contributed by atoms with Gasteiger partial charge in [-0.3, -0.25) is 0 Å². The number of methoxy groups -OCH3 is 1. The second-order valence-electron chi connectivity index (χ2n) is 5.46. The van der Waals surface area contributed by atoms with Crippen LogP contribution in [-0.4, -0.2) is 27.7 Å². The van der Waals surface area contributed by atoms with E-state index in [-0.39, 0.29) is 0 Å².